The Kier molecular flexibility index (Phi) is 3.41. The van der Waals surface area contributed by atoms with Crippen molar-refractivity contribution < 1.29 is 9.84 Å². The normalized spacial score (nSPS) is 10.8. The summed E-state index contributed by atoms with van der Waals surface area (Å²) in [5.74, 6) is 0.667. The number of aliphatic hydroxyl groups is 1. The highest BCUT2D eigenvalue weighted by atomic mass is 16.5. The number of fused-ring (bicyclic) bond motifs is 1. The van der Waals surface area contributed by atoms with Gasteiger partial charge in [-0.05, 0) is 17.7 Å². The van der Waals surface area contributed by atoms with Crippen LogP contribution in [0.15, 0.2) is 47.3 Å². The summed E-state index contributed by atoms with van der Waals surface area (Å²) in [4.78, 5) is 19.4. The van der Waals surface area contributed by atoms with E-state index >= 15 is 0 Å². The smallest absolute Gasteiger partial charge is 0.274 e. The second-order valence-corrected chi connectivity index (χ2v) is 4.65. The number of hydrogen-bond donors (Lipinski definition) is 2. The van der Waals surface area contributed by atoms with Gasteiger partial charge in [-0.25, -0.2) is 4.98 Å². The Morgan fingerprint density at radius 3 is 2.62 bits per heavy atom. The molecule has 2 N–H and O–H groups in total. The summed E-state index contributed by atoms with van der Waals surface area (Å²) in [5.41, 5.74) is 2.93. The van der Waals surface area contributed by atoms with Crippen LogP contribution >= 0.6 is 0 Å². The lowest BCUT2D eigenvalue weighted by atomic mass is 10.1. The molecule has 0 unspecified atom stereocenters. The molecule has 0 aliphatic carbocycles. The number of nitrogens with zero attached hydrogens (tertiary/aromatic N) is 1. The van der Waals surface area contributed by atoms with E-state index in [1.807, 2.05) is 0 Å². The van der Waals surface area contributed by atoms with Crippen molar-refractivity contribution in [3.05, 3.63) is 58.4 Å². The van der Waals surface area contributed by atoms with Gasteiger partial charge >= 0.3 is 0 Å². The molecule has 3 aromatic rings. The van der Waals surface area contributed by atoms with E-state index in [0.29, 0.717) is 28.0 Å². The van der Waals surface area contributed by atoms with Gasteiger partial charge in [-0.2, -0.15) is 0 Å². The van der Waals surface area contributed by atoms with Crippen molar-refractivity contribution in [1.29, 1.82) is 0 Å². The molecule has 0 fully saturated rings. The monoisotopic (exact) mass is 282 g/mol. The predicted molar refractivity (Wildman–Crippen MR) is 80.3 cm³/mol. The van der Waals surface area contributed by atoms with Gasteiger partial charge in [-0.15, -0.1) is 0 Å². The number of aliphatic hydroxyl groups excluding tert-OH is 1. The molecule has 5 heteroatoms. The predicted octanol–water partition coefficient (Wildman–Crippen LogP) is 2.09. The molecule has 21 heavy (non-hydrogen) atoms. The van der Waals surface area contributed by atoms with Crippen molar-refractivity contribution in [2.45, 2.75) is 6.61 Å². The zero-order valence-corrected chi connectivity index (χ0v) is 11.5. The van der Waals surface area contributed by atoms with Crippen LogP contribution in [-0.2, 0) is 6.61 Å². The Morgan fingerprint density at radius 2 is 1.95 bits per heavy atom. The summed E-state index contributed by atoms with van der Waals surface area (Å²) >= 11 is 0. The molecule has 1 aromatic heterocycles. The molecule has 106 valence electrons. The SMILES string of the molecule is COc1ccc2nc(-c3ccc(CO)cc3)c(=O)[nH]c2c1. The number of rotatable bonds is 3. The summed E-state index contributed by atoms with van der Waals surface area (Å²) < 4.78 is 5.13. The van der Waals surface area contributed by atoms with Crippen molar-refractivity contribution in [2.24, 2.45) is 0 Å². The molecule has 0 aliphatic rings. The maximum atomic E-state index is 12.2. The number of ether oxygens (including phenoxy) is 1. The van der Waals surface area contributed by atoms with E-state index in [1.54, 1.807) is 49.6 Å². The summed E-state index contributed by atoms with van der Waals surface area (Å²) in [6.07, 6.45) is 0. The first-order valence-electron chi connectivity index (χ1n) is 6.49. The Morgan fingerprint density at radius 1 is 1.19 bits per heavy atom. The maximum absolute atomic E-state index is 12.2. The van der Waals surface area contributed by atoms with Crippen LogP contribution < -0.4 is 10.3 Å². The van der Waals surface area contributed by atoms with Crippen molar-refractivity contribution in [2.75, 3.05) is 7.11 Å². The Hall–Kier alpha value is -2.66. The van der Waals surface area contributed by atoms with Crippen LogP contribution in [0, 0.1) is 0 Å². The fourth-order valence-corrected chi connectivity index (χ4v) is 2.16. The molecule has 1 heterocycles. The van der Waals surface area contributed by atoms with Gasteiger partial charge in [-0.3, -0.25) is 4.79 Å². The van der Waals surface area contributed by atoms with E-state index in [-0.39, 0.29) is 12.2 Å². The largest absolute Gasteiger partial charge is 0.497 e. The first kappa shape index (κ1) is 13.3. The van der Waals surface area contributed by atoms with Crippen LogP contribution in [0.3, 0.4) is 0 Å². The third kappa shape index (κ3) is 2.51. The quantitative estimate of drug-likeness (QED) is 0.771. The molecule has 0 radical (unpaired) electrons. The first-order chi connectivity index (χ1) is 10.2. The van der Waals surface area contributed by atoms with E-state index in [0.717, 1.165) is 5.56 Å². The van der Waals surface area contributed by atoms with E-state index in [9.17, 15) is 4.79 Å². The number of H-pyrrole nitrogens is 1. The average Bonchev–Trinajstić information content (AvgIpc) is 2.53. The average molecular weight is 282 g/mol. The van der Waals surface area contributed by atoms with Gasteiger partial charge in [0.05, 0.1) is 24.8 Å². The van der Waals surface area contributed by atoms with Gasteiger partial charge in [0.15, 0.2) is 0 Å². The van der Waals surface area contributed by atoms with Crippen molar-refractivity contribution in [1.82, 2.24) is 9.97 Å². The van der Waals surface area contributed by atoms with Crippen LogP contribution in [0.25, 0.3) is 22.3 Å². The zero-order chi connectivity index (χ0) is 14.8. The minimum Gasteiger partial charge on any atom is -0.497 e. The summed E-state index contributed by atoms with van der Waals surface area (Å²) in [6.45, 7) is -0.0262. The molecule has 0 spiro atoms. The molecular weight excluding hydrogens is 268 g/mol. The van der Waals surface area contributed by atoms with Crippen LogP contribution in [-0.4, -0.2) is 22.2 Å². The van der Waals surface area contributed by atoms with Crippen molar-refractivity contribution in [3.8, 4) is 17.0 Å². The van der Waals surface area contributed by atoms with Gasteiger partial charge in [-0.1, -0.05) is 24.3 Å². The summed E-state index contributed by atoms with van der Waals surface area (Å²) in [7, 11) is 1.57. The molecule has 0 atom stereocenters. The molecule has 0 amide bonds. The zero-order valence-electron chi connectivity index (χ0n) is 11.5. The van der Waals surface area contributed by atoms with Crippen LogP contribution in [0.5, 0.6) is 5.75 Å². The van der Waals surface area contributed by atoms with Crippen molar-refractivity contribution in [3.63, 3.8) is 0 Å². The topological polar surface area (TPSA) is 75.2 Å². The standard InChI is InChI=1S/C16H14N2O3/c1-21-12-6-7-13-14(8-12)18-16(20)15(17-13)11-4-2-10(9-19)3-5-11/h2-8,19H,9H2,1H3,(H,18,20). The molecule has 0 aliphatic heterocycles. The van der Waals surface area contributed by atoms with Gasteiger partial charge < -0.3 is 14.8 Å². The van der Waals surface area contributed by atoms with Crippen LogP contribution in [0.4, 0.5) is 0 Å². The lowest BCUT2D eigenvalue weighted by Crippen LogP contribution is -2.11. The molecule has 2 aromatic carbocycles. The lowest BCUT2D eigenvalue weighted by Gasteiger charge is -2.05. The van der Waals surface area contributed by atoms with Crippen LogP contribution in [0.2, 0.25) is 0 Å². The molecule has 0 bridgehead atoms. The second kappa shape index (κ2) is 5.38. The summed E-state index contributed by atoms with van der Waals surface area (Å²) in [6, 6.07) is 12.4. The number of methoxy groups -OCH3 is 1. The van der Waals surface area contributed by atoms with Gasteiger partial charge in [0, 0.05) is 11.6 Å². The highest BCUT2D eigenvalue weighted by Gasteiger charge is 2.08. The van der Waals surface area contributed by atoms with E-state index in [4.69, 9.17) is 9.84 Å². The molecule has 3 rings (SSSR count). The minimum absolute atomic E-state index is 0.0262. The minimum atomic E-state index is -0.257. The number of benzene rings is 2. The molecular formula is C16H14N2O3. The second-order valence-electron chi connectivity index (χ2n) is 4.65. The molecule has 0 saturated heterocycles. The third-order valence-corrected chi connectivity index (χ3v) is 3.31. The number of aromatic amines is 1. The lowest BCUT2D eigenvalue weighted by molar-refractivity contribution is 0.282. The maximum Gasteiger partial charge on any atom is 0.274 e. The van der Waals surface area contributed by atoms with Crippen LogP contribution in [0.1, 0.15) is 5.56 Å². The Balaban J connectivity index is 2.14. The number of nitrogens with one attached hydrogen (secondary N) is 1. The van der Waals surface area contributed by atoms with Gasteiger partial charge in [0.2, 0.25) is 0 Å². The van der Waals surface area contributed by atoms with Crippen molar-refractivity contribution >= 4 is 11.0 Å². The van der Waals surface area contributed by atoms with E-state index < -0.39 is 0 Å². The molecule has 0 saturated carbocycles. The number of aromatic nitrogens is 2. The first-order valence-corrected chi connectivity index (χ1v) is 6.49. The molecule has 5 nitrogen and oxygen atoms in total. The Labute approximate surface area is 120 Å². The Bertz CT molecular complexity index is 838. The summed E-state index contributed by atoms with van der Waals surface area (Å²) in [5, 5.41) is 9.05. The number of hydrogen-bond acceptors (Lipinski definition) is 4. The fourth-order valence-electron chi connectivity index (χ4n) is 2.16. The van der Waals surface area contributed by atoms with E-state index in [2.05, 4.69) is 9.97 Å². The highest BCUT2D eigenvalue weighted by Crippen LogP contribution is 2.20. The van der Waals surface area contributed by atoms with Gasteiger partial charge in [0.25, 0.3) is 5.56 Å². The van der Waals surface area contributed by atoms with Gasteiger partial charge in [0.1, 0.15) is 11.4 Å². The highest BCUT2D eigenvalue weighted by molar-refractivity contribution is 5.78. The third-order valence-electron chi connectivity index (χ3n) is 3.31. The fraction of sp³-hybridized carbons (Fsp3) is 0.125. The van der Waals surface area contributed by atoms with E-state index in [1.165, 1.54) is 0 Å².